The second-order valence-electron chi connectivity index (χ2n) is 10.2. The molecule has 32 heavy (non-hydrogen) atoms. The number of aromatic hydroxyl groups is 1. The van der Waals surface area contributed by atoms with Gasteiger partial charge in [0.25, 0.3) is 0 Å². The zero-order chi connectivity index (χ0) is 23.4. The molecule has 1 N–H and O–H groups in total. The van der Waals surface area contributed by atoms with Gasteiger partial charge in [-0.25, -0.2) is 4.79 Å². The number of hydrogen-bond donors (Lipinski definition) is 1. The van der Waals surface area contributed by atoms with Crippen LogP contribution < -0.4 is 0 Å². The third-order valence-electron chi connectivity index (χ3n) is 8.04. The van der Waals surface area contributed by atoms with Crippen molar-refractivity contribution in [2.75, 3.05) is 6.61 Å². The second kappa shape index (κ2) is 9.94. The van der Waals surface area contributed by atoms with Gasteiger partial charge in [-0.05, 0) is 79.5 Å². The number of ether oxygens (including phenoxy) is 1. The van der Waals surface area contributed by atoms with E-state index in [1.165, 1.54) is 18.1 Å². The molecule has 2 fully saturated rings. The average Bonchev–Trinajstić information content (AvgIpc) is 2.76. The van der Waals surface area contributed by atoms with Gasteiger partial charge in [0.1, 0.15) is 5.75 Å². The van der Waals surface area contributed by atoms with E-state index in [9.17, 15) is 9.90 Å². The summed E-state index contributed by atoms with van der Waals surface area (Å²) in [5.74, 6) is 0.874. The topological polar surface area (TPSA) is 46.5 Å². The molecule has 1 aromatic carbocycles. The zero-order valence-corrected chi connectivity index (χ0v) is 19.7. The minimum atomic E-state index is -0.314. The quantitative estimate of drug-likeness (QED) is 0.203. The lowest BCUT2D eigenvalue weighted by atomic mass is 9.47. The van der Waals surface area contributed by atoms with Crippen molar-refractivity contribution in [1.82, 2.24) is 0 Å². The molecule has 1 aromatic rings. The van der Waals surface area contributed by atoms with Gasteiger partial charge in [0, 0.05) is 11.5 Å². The van der Waals surface area contributed by atoms with Crippen molar-refractivity contribution in [3.05, 3.63) is 72.9 Å². The maximum atomic E-state index is 12.4. The van der Waals surface area contributed by atoms with Crippen molar-refractivity contribution in [2.24, 2.45) is 22.7 Å². The van der Waals surface area contributed by atoms with Crippen LogP contribution in [0, 0.1) is 22.7 Å². The maximum Gasteiger partial charge on any atom is 0.330 e. The van der Waals surface area contributed by atoms with Crippen LogP contribution in [0.25, 0.3) is 6.08 Å². The summed E-state index contributed by atoms with van der Waals surface area (Å²) in [7, 11) is 0. The van der Waals surface area contributed by atoms with E-state index in [1.54, 1.807) is 30.3 Å². The molecule has 4 unspecified atom stereocenters. The Kier molecular flexibility index (Phi) is 7.48. The van der Waals surface area contributed by atoms with Crippen LogP contribution in [0.1, 0.15) is 64.4 Å². The molecule has 172 valence electrons. The minimum absolute atomic E-state index is 0.0244. The summed E-state index contributed by atoms with van der Waals surface area (Å²) in [6.07, 6.45) is 12.7. The van der Waals surface area contributed by atoms with Gasteiger partial charge in [0.15, 0.2) is 0 Å². The molecule has 2 aliphatic rings. The first-order valence-electron chi connectivity index (χ1n) is 11.8. The van der Waals surface area contributed by atoms with Gasteiger partial charge in [-0.3, -0.25) is 0 Å². The lowest BCUT2D eigenvalue weighted by Gasteiger charge is -2.58. The highest BCUT2D eigenvalue weighted by Gasteiger charge is 2.54. The standard InChI is InChI=1S/C29H38O3/c1-6-21(2)8-15-25-22(3)9-16-26-28(4,18-7-19-29(25,26)5)20-32-27(31)17-12-23-10-13-24(30)14-11-23/h6,10-14,17,25-26,30H,1-3,7-9,15-16,18-20H2,4-5H3. The molecule has 0 spiro atoms. The van der Waals surface area contributed by atoms with Gasteiger partial charge in [-0.15, -0.1) is 0 Å². The fraction of sp³-hybridized carbons (Fsp3) is 0.483. The molecule has 0 heterocycles. The number of allylic oxidation sites excluding steroid dienone is 3. The molecule has 0 aliphatic heterocycles. The Morgan fingerprint density at radius 3 is 2.66 bits per heavy atom. The molecule has 0 aromatic heterocycles. The third-order valence-corrected chi connectivity index (χ3v) is 8.04. The first kappa shape index (κ1) is 24.1. The normalized spacial score (nSPS) is 30.0. The molecule has 4 atom stereocenters. The Morgan fingerprint density at radius 2 is 1.97 bits per heavy atom. The fourth-order valence-electron chi connectivity index (χ4n) is 6.26. The summed E-state index contributed by atoms with van der Waals surface area (Å²) in [4.78, 5) is 12.4. The van der Waals surface area contributed by atoms with Crippen molar-refractivity contribution >= 4 is 12.0 Å². The first-order chi connectivity index (χ1) is 15.2. The van der Waals surface area contributed by atoms with E-state index < -0.39 is 0 Å². The minimum Gasteiger partial charge on any atom is -0.508 e. The van der Waals surface area contributed by atoms with Crippen LogP contribution in [-0.2, 0) is 9.53 Å². The Balaban J connectivity index is 1.68. The predicted molar refractivity (Wildman–Crippen MR) is 132 cm³/mol. The number of phenolic OH excluding ortho intramolecular Hbond substituents is 1. The van der Waals surface area contributed by atoms with Crippen molar-refractivity contribution < 1.29 is 14.6 Å². The largest absolute Gasteiger partial charge is 0.508 e. The van der Waals surface area contributed by atoms with Gasteiger partial charge in [0.2, 0.25) is 0 Å². The van der Waals surface area contributed by atoms with Crippen LogP contribution in [0.2, 0.25) is 0 Å². The van der Waals surface area contributed by atoms with Gasteiger partial charge in [-0.1, -0.05) is 69.4 Å². The van der Waals surface area contributed by atoms with Gasteiger partial charge >= 0.3 is 5.97 Å². The highest BCUT2D eigenvalue weighted by Crippen LogP contribution is 2.62. The summed E-state index contributed by atoms with van der Waals surface area (Å²) >= 11 is 0. The van der Waals surface area contributed by atoms with Gasteiger partial charge in [-0.2, -0.15) is 0 Å². The second-order valence-corrected chi connectivity index (χ2v) is 10.2. The van der Waals surface area contributed by atoms with E-state index in [1.807, 2.05) is 6.08 Å². The Labute approximate surface area is 193 Å². The smallest absolute Gasteiger partial charge is 0.330 e. The van der Waals surface area contributed by atoms with E-state index in [0.29, 0.717) is 18.4 Å². The van der Waals surface area contributed by atoms with Crippen molar-refractivity contribution in [3.63, 3.8) is 0 Å². The van der Waals surface area contributed by atoms with E-state index in [0.717, 1.165) is 49.7 Å². The molecule has 3 heteroatoms. The zero-order valence-electron chi connectivity index (χ0n) is 19.7. The van der Waals surface area contributed by atoms with E-state index in [4.69, 9.17) is 4.74 Å². The summed E-state index contributed by atoms with van der Waals surface area (Å²) < 4.78 is 5.78. The number of carbonyl (C=O) groups is 1. The first-order valence-corrected chi connectivity index (χ1v) is 11.8. The van der Waals surface area contributed by atoms with E-state index in [2.05, 4.69) is 33.6 Å². The third kappa shape index (κ3) is 5.26. The summed E-state index contributed by atoms with van der Waals surface area (Å²) in [5, 5.41) is 9.39. The number of esters is 1. The van der Waals surface area contributed by atoms with Gasteiger partial charge in [0.05, 0.1) is 6.61 Å². The molecule has 0 amide bonds. The van der Waals surface area contributed by atoms with Crippen LogP contribution >= 0.6 is 0 Å². The number of carbonyl (C=O) groups excluding carboxylic acids is 1. The number of hydrogen-bond acceptors (Lipinski definition) is 3. The molecule has 0 bridgehead atoms. The molecule has 0 radical (unpaired) electrons. The highest BCUT2D eigenvalue weighted by molar-refractivity contribution is 5.87. The summed E-state index contributed by atoms with van der Waals surface area (Å²) in [5.41, 5.74) is 3.47. The van der Waals surface area contributed by atoms with Crippen molar-refractivity contribution in [1.29, 1.82) is 0 Å². The maximum absolute atomic E-state index is 12.4. The summed E-state index contributed by atoms with van der Waals surface area (Å²) in [6.45, 7) is 17.6. The summed E-state index contributed by atoms with van der Waals surface area (Å²) in [6, 6.07) is 6.74. The number of rotatable bonds is 8. The van der Waals surface area contributed by atoms with Crippen LogP contribution in [0.5, 0.6) is 5.75 Å². The molecule has 2 aliphatic carbocycles. The predicted octanol–water partition coefficient (Wildman–Crippen LogP) is 7.25. The van der Waals surface area contributed by atoms with Crippen molar-refractivity contribution in [3.8, 4) is 5.75 Å². The molecular formula is C29H38O3. The Bertz CT molecular complexity index is 893. The van der Waals surface area contributed by atoms with Crippen LogP contribution in [0.4, 0.5) is 0 Å². The Hall–Kier alpha value is -2.55. The molecule has 3 nitrogen and oxygen atoms in total. The van der Waals surface area contributed by atoms with E-state index in [-0.39, 0.29) is 22.5 Å². The fourth-order valence-corrected chi connectivity index (χ4v) is 6.26. The number of fused-ring (bicyclic) bond motifs is 1. The van der Waals surface area contributed by atoms with Crippen molar-refractivity contribution in [2.45, 2.75) is 58.8 Å². The number of phenols is 1. The van der Waals surface area contributed by atoms with Gasteiger partial charge < -0.3 is 9.84 Å². The number of benzene rings is 1. The van der Waals surface area contributed by atoms with Crippen LogP contribution in [0.3, 0.4) is 0 Å². The van der Waals surface area contributed by atoms with Crippen LogP contribution in [-0.4, -0.2) is 17.7 Å². The lowest BCUT2D eigenvalue weighted by molar-refractivity contribution is -0.149. The SMILES string of the molecule is C=CC(=C)CCC1C(=C)CCC2C(C)(COC(=O)C=Cc3ccc(O)cc3)CCCC12C. The lowest BCUT2D eigenvalue weighted by Crippen LogP contribution is -2.52. The molecule has 2 saturated carbocycles. The van der Waals surface area contributed by atoms with Crippen LogP contribution in [0.15, 0.2) is 67.3 Å². The molecule has 0 saturated heterocycles. The molecular weight excluding hydrogens is 396 g/mol. The molecule has 3 rings (SSSR count). The Morgan fingerprint density at radius 1 is 1.25 bits per heavy atom. The van der Waals surface area contributed by atoms with E-state index >= 15 is 0 Å². The average molecular weight is 435 g/mol. The highest BCUT2D eigenvalue weighted by atomic mass is 16.5. The monoisotopic (exact) mass is 434 g/mol.